The van der Waals surface area contributed by atoms with E-state index in [1.807, 2.05) is 6.92 Å². The first-order chi connectivity index (χ1) is 9.99. The van der Waals surface area contributed by atoms with Crippen LogP contribution >= 0.6 is 0 Å². The molecule has 1 aliphatic rings. The maximum atomic E-state index is 12.8. The van der Waals surface area contributed by atoms with Crippen molar-refractivity contribution in [2.24, 2.45) is 0 Å². The molecule has 2 N–H and O–H groups in total. The van der Waals surface area contributed by atoms with Crippen LogP contribution in [0.5, 0.6) is 0 Å². The highest BCUT2D eigenvalue weighted by molar-refractivity contribution is 6.07. The number of hydrogen-bond donors (Lipinski definition) is 2. The molecule has 0 spiro atoms. The SMILES string of the molecule is Cc1cc(C(=O)N2CCC[C@@H]2C(=O)O)c2c(C)[nH]nc2n1. The zero-order chi connectivity index (χ0) is 15.1. The van der Waals surface area contributed by atoms with Crippen LogP contribution in [0.2, 0.25) is 0 Å². The second-order valence-corrected chi connectivity index (χ2v) is 5.35. The van der Waals surface area contributed by atoms with Gasteiger partial charge in [-0.05, 0) is 32.8 Å². The number of rotatable bonds is 2. The van der Waals surface area contributed by atoms with E-state index in [0.29, 0.717) is 41.7 Å². The third-order valence-electron chi connectivity index (χ3n) is 3.86. The zero-order valence-electron chi connectivity index (χ0n) is 11.9. The van der Waals surface area contributed by atoms with E-state index >= 15 is 0 Å². The van der Waals surface area contributed by atoms with E-state index in [2.05, 4.69) is 15.2 Å². The van der Waals surface area contributed by atoms with Crippen LogP contribution in [0.1, 0.15) is 34.6 Å². The smallest absolute Gasteiger partial charge is 0.326 e. The van der Waals surface area contributed by atoms with Crippen molar-refractivity contribution in [2.45, 2.75) is 32.7 Å². The van der Waals surface area contributed by atoms with Crippen LogP contribution < -0.4 is 0 Å². The Bertz CT molecular complexity index is 737. The molecule has 3 rings (SSSR count). The second-order valence-electron chi connectivity index (χ2n) is 5.35. The van der Waals surface area contributed by atoms with Crippen molar-refractivity contribution in [2.75, 3.05) is 6.54 Å². The number of carboxylic acids is 1. The molecule has 0 aliphatic carbocycles. The third-order valence-corrected chi connectivity index (χ3v) is 3.86. The van der Waals surface area contributed by atoms with Crippen molar-refractivity contribution in [1.82, 2.24) is 20.1 Å². The van der Waals surface area contributed by atoms with Gasteiger partial charge in [-0.25, -0.2) is 9.78 Å². The number of hydrogen-bond acceptors (Lipinski definition) is 4. The Balaban J connectivity index is 2.09. The Kier molecular flexibility index (Phi) is 3.12. The summed E-state index contributed by atoms with van der Waals surface area (Å²) >= 11 is 0. The first kappa shape index (κ1) is 13.5. The minimum Gasteiger partial charge on any atom is -0.480 e. The number of carbonyl (C=O) groups excluding carboxylic acids is 1. The van der Waals surface area contributed by atoms with E-state index in [-0.39, 0.29) is 5.91 Å². The van der Waals surface area contributed by atoms with Gasteiger partial charge in [0, 0.05) is 17.9 Å². The Morgan fingerprint density at radius 3 is 2.90 bits per heavy atom. The van der Waals surface area contributed by atoms with Crippen molar-refractivity contribution in [1.29, 1.82) is 0 Å². The fourth-order valence-electron chi connectivity index (χ4n) is 2.89. The molecule has 1 aliphatic heterocycles. The van der Waals surface area contributed by atoms with E-state index in [1.165, 1.54) is 4.90 Å². The molecular formula is C14H16N4O3. The monoisotopic (exact) mass is 288 g/mol. The summed E-state index contributed by atoms with van der Waals surface area (Å²) in [6.45, 7) is 4.08. The topological polar surface area (TPSA) is 99.2 Å². The van der Waals surface area contributed by atoms with Crippen LogP contribution in [-0.4, -0.2) is 49.7 Å². The van der Waals surface area contributed by atoms with Crippen LogP contribution in [0.25, 0.3) is 11.0 Å². The molecule has 0 radical (unpaired) electrons. The summed E-state index contributed by atoms with van der Waals surface area (Å²) < 4.78 is 0. The molecular weight excluding hydrogens is 272 g/mol. The molecule has 0 saturated carbocycles. The number of aliphatic carboxylic acids is 1. The van der Waals surface area contributed by atoms with Gasteiger partial charge in [-0.1, -0.05) is 0 Å². The standard InChI is InChI=1S/C14H16N4O3/c1-7-6-9(11-8(2)16-17-12(11)15-7)13(19)18-5-3-4-10(18)14(20)21/h6,10H,3-5H2,1-2H3,(H,20,21)(H,15,16,17)/t10-/m1/s1. The van der Waals surface area contributed by atoms with Gasteiger partial charge in [-0.3, -0.25) is 9.89 Å². The highest BCUT2D eigenvalue weighted by Crippen LogP contribution is 2.25. The van der Waals surface area contributed by atoms with E-state index < -0.39 is 12.0 Å². The number of pyridine rings is 1. The highest BCUT2D eigenvalue weighted by Gasteiger charge is 2.35. The molecule has 1 saturated heterocycles. The number of aromatic nitrogens is 3. The maximum absolute atomic E-state index is 12.8. The fourth-order valence-corrected chi connectivity index (χ4v) is 2.89. The number of H-pyrrole nitrogens is 1. The molecule has 0 bridgehead atoms. The number of aromatic amines is 1. The number of fused-ring (bicyclic) bond motifs is 1. The van der Waals surface area contributed by atoms with Gasteiger partial charge in [0.05, 0.1) is 10.9 Å². The number of carbonyl (C=O) groups is 2. The summed E-state index contributed by atoms with van der Waals surface area (Å²) in [6.07, 6.45) is 1.21. The third kappa shape index (κ3) is 2.14. The van der Waals surface area contributed by atoms with E-state index in [4.69, 9.17) is 0 Å². The van der Waals surface area contributed by atoms with Gasteiger partial charge in [0.1, 0.15) is 6.04 Å². The summed E-state index contributed by atoms with van der Waals surface area (Å²) in [4.78, 5) is 29.8. The van der Waals surface area contributed by atoms with Gasteiger partial charge in [0.25, 0.3) is 5.91 Å². The second kappa shape index (κ2) is 4.83. The summed E-state index contributed by atoms with van der Waals surface area (Å²) in [7, 11) is 0. The normalized spacial score (nSPS) is 18.4. The van der Waals surface area contributed by atoms with Gasteiger partial charge in [0.15, 0.2) is 5.65 Å². The van der Waals surface area contributed by atoms with Crippen LogP contribution in [0.15, 0.2) is 6.07 Å². The van der Waals surface area contributed by atoms with Gasteiger partial charge < -0.3 is 10.0 Å². The summed E-state index contributed by atoms with van der Waals surface area (Å²) in [5.41, 5.74) is 2.40. The molecule has 7 nitrogen and oxygen atoms in total. The minimum absolute atomic E-state index is 0.264. The van der Waals surface area contributed by atoms with Crippen LogP contribution in [-0.2, 0) is 4.79 Å². The molecule has 2 aromatic heterocycles. The lowest BCUT2D eigenvalue weighted by atomic mass is 10.1. The van der Waals surface area contributed by atoms with Crippen molar-refractivity contribution in [3.05, 3.63) is 23.0 Å². The average molecular weight is 288 g/mol. The largest absolute Gasteiger partial charge is 0.480 e. The predicted octanol–water partition coefficient (Wildman–Crippen LogP) is 1.26. The molecule has 21 heavy (non-hydrogen) atoms. The summed E-state index contributed by atoms with van der Waals surface area (Å²) in [5, 5.41) is 16.8. The first-order valence-corrected chi connectivity index (χ1v) is 6.85. The maximum Gasteiger partial charge on any atom is 0.326 e. The lowest BCUT2D eigenvalue weighted by Crippen LogP contribution is -2.40. The Morgan fingerprint density at radius 1 is 1.43 bits per heavy atom. The molecule has 7 heteroatoms. The van der Waals surface area contributed by atoms with Gasteiger partial charge in [-0.2, -0.15) is 5.10 Å². The van der Waals surface area contributed by atoms with Crippen molar-refractivity contribution in [3.8, 4) is 0 Å². The average Bonchev–Trinajstić information content (AvgIpc) is 3.04. The number of nitrogens with one attached hydrogen (secondary N) is 1. The number of nitrogens with zero attached hydrogens (tertiary/aromatic N) is 3. The number of amides is 1. The molecule has 0 unspecified atom stereocenters. The fraction of sp³-hybridized carbons (Fsp3) is 0.429. The molecule has 0 aromatic carbocycles. The molecule has 110 valence electrons. The Labute approximate surface area is 121 Å². The Hall–Kier alpha value is -2.44. The van der Waals surface area contributed by atoms with Crippen LogP contribution in [0.4, 0.5) is 0 Å². The lowest BCUT2D eigenvalue weighted by Gasteiger charge is -2.22. The van der Waals surface area contributed by atoms with E-state index in [1.54, 1.807) is 13.0 Å². The molecule has 2 aromatic rings. The van der Waals surface area contributed by atoms with E-state index in [0.717, 1.165) is 5.69 Å². The van der Waals surface area contributed by atoms with Gasteiger partial charge >= 0.3 is 5.97 Å². The quantitative estimate of drug-likeness (QED) is 0.866. The number of likely N-dealkylation sites (tertiary alicyclic amines) is 1. The Morgan fingerprint density at radius 2 is 2.19 bits per heavy atom. The molecule has 1 fully saturated rings. The minimum atomic E-state index is -0.952. The summed E-state index contributed by atoms with van der Waals surface area (Å²) in [5.74, 6) is -1.22. The lowest BCUT2D eigenvalue weighted by molar-refractivity contribution is -0.141. The zero-order valence-corrected chi connectivity index (χ0v) is 11.9. The predicted molar refractivity (Wildman–Crippen MR) is 75.1 cm³/mol. The molecule has 1 amide bonds. The van der Waals surface area contributed by atoms with Crippen LogP contribution in [0.3, 0.4) is 0 Å². The van der Waals surface area contributed by atoms with Crippen LogP contribution in [0, 0.1) is 13.8 Å². The van der Waals surface area contributed by atoms with Gasteiger partial charge in [-0.15, -0.1) is 0 Å². The van der Waals surface area contributed by atoms with E-state index in [9.17, 15) is 14.7 Å². The van der Waals surface area contributed by atoms with Crippen molar-refractivity contribution in [3.63, 3.8) is 0 Å². The van der Waals surface area contributed by atoms with Crippen molar-refractivity contribution < 1.29 is 14.7 Å². The molecule has 3 heterocycles. The summed E-state index contributed by atoms with van der Waals surface area (Å²) in [6, 6.07) is 0.956. The van der Waals surface area contributed by atoms with Crippen molar-refractivity contribution >= 4 is 22.9 Å². The number of aryl methyl sites for hydroxylation is 2. The first-order valence-electron chi connectivity index (χ1n) is 6.85. The highest BCUT2D eigenvalue weighted by atomic mass is 16.4. The van der Waals surface area contributed by atoms with Gasteiger partial charge in [0.2, 0.25) is 0 Å². The molecule has 1 atom stereocenters. The number of carboxylic acid groups (broad SMARTS) is 1.